The minimum absolute atomic E-state index is 0.149. The zero-order valence-corrected chi connectivity index (χ0v) is 20.5. The topological polar surface area (TPSA) is 60.7 Å². The zero-order valence-electron chi connectivity index (χ0n) is 20.5. The second kappa shape index (κ2) is 9.53. The van der Waals surface area contributed by atoms with Gasteiger partial charge in [0.15, 0.2) is 0 Å². The molecule has 0 spiro atoms. The molecule has 3 N–H and O–H groups in total. The number of fused-ring (bicyclic) bond motifs is 1. The van der Waals surface area contributed by atoms with E-state index in [9.17, 15) is 15.3 Å². The van der Waals surface area contributed by atoms with Gasteiger partial charge in [0.1, 0.15) is 0 Å². The first-order chi connectivity index (χ1) is 14.4. The Kier molecular flexibility index (Phi) is 7.61. The molecule has 0 aromatic heterocycles. The summed E-state index contributed by atoms with van der Waals surface area (Å²) in [5, 5.41) is 30.7. The monoisotopic (exact) mass is 430 g/mol. The van der Waals surface area contributed by atoms with Gasteiger partial charge in [0.2, 0.25) is 0 Å². The maximum Gasteiger partial charge on any atom is 0.0837 e. The molecule has 0 amide bonds. The van der Waals surface area contributed by atoms with Crippen LogP contribution in [0.5, 0.6) is 0 Å². The molecule has 3 aliphatic rings. The Hall–Kier alpha value is -0.900. The van der Waals surface area contributed by atoms with Crippen molar-refractivity contribution < 1.29 is 15.3 Å². The van der Waals surface area contributed by atoms with Gasteiger partial charge in [0, 0.05) is 5.92 Å². The van der Waals surface area contributed by atoms with Gasteiger partial charge in [-0.05, 0) is 93.1 Å². The van der Waals surface area contributed by atoms with E-state index in [-0.39, 0.29) is 5.92 Å². The lowest BCUT2D eigenvalue weighted by atomic mass is 9.60. The third kappa shape index (κ3) is 5.37. The van der Waals surface area contributed by atoms with Gasteiger partial charge in [-0.2, -0.15) is 0 Å². The highest BCUT2D eigenvalue weighted by Crippen LogP contribution is 2.60. The third-order valence-corrected chi connectivity index (χ3v) is 8.97. The van der Waals surface area contributed by atoms with Crippen molar-refractivity contribution >= 4 is 0 Å². The molecule has 0 aromatic rings. The van der Waals surface area contributed by atoms with E-state index in [1.54, 1.807) is 5.57 Å². The van der Waals surface area contributed by atoms with Crippen molar-refractivity contribution in [3.8, 4) is 0 Å². The summed E-state index contributed by atoms with van der Waals surface area (Å²) in [6.07, 6.45) is 13.4. The van der Waals surface area contributed by atoms with E-state index in [1.165, 1.54) is 32.1 Å². The highest BCUT2D eigenvalue weighted by Gasteiger charge is 2.50. The molecule has 7 atom stereocenters. The molecular formula is C28H46O3. The normalized spacial score (nSPS) is 40.4. The van der Waals surface area contributed by atoms with Crippen LogP contribution in [0.4, 0.5) is 0 Å². The second-order valence-electron chi connectivity index (χ2n) is 11.8. The van der Waals surface area contributed by atoms with E-state index in [0.29, 0.717) is 23.7 Å². The van der Waals surface area contributed by atoms with Crippen molar-refractivity contribution in [1.29, 1.82) is 0 Å². The molecule has 3 nitrogen and oxygen atoms in total. The minimum Gasteiger partial charge on any atom is -0.392 e. The molecule has 0 saturated heterocycles. The molecule has 0 heterocycles. The number of hydrogen-bond donors (Lipinski definition) is 3. The highest BCUT2D eigenvalue weighted by atomic mass is 16.3. The van der Waals surface area contributed by atoms with E-state index >= 15 is 0 Å². The maximum absolute atomic E-state index is 10.4. The molecule has 3 rings (SSSR count). The fourth-order valence-electron chi connectivity index (χ4n) is 6.91. The molecule has 3 aliphatic carbocycles. The Morgan fingerprint density at radius 2 is 1.94 bits per heavy atom. The summed E-state index contributed by atoms with van der Waals surface area (Å²) in [6, 6.07) is 0. The van der Waals surface area contributed by atoms with Gasteiger partial charge < -0.3 is 15.3 Å². The van der Waals surface area contributed by atoms with Crippen LogP contribution in [0.2, 0.25) is 0 Å². The van der Waals surface area contributed by atoms with Crippen LogP contribution < -0.4 is 0 Å². The minimum atomic E-state index is -0.648. The van der Waals surface area contributed by atoms with Crippen molar-refractivity contribution in [2.45, 2.75) is 110 Å². The molecule has 31 heavy (non-hydrogen) atoms. The van der Waals surface area contributed by atoms with Gasteiger partial charge in [-0.3, -0.25) is 0 Å². The molecule has 0 aromatic carbocycles. The summed E-state index contributed by atoms with van der Waals surface area (Å²) < 4.78 is 0. The smallest absolute Gasteiger partial charge is 0.0837 e. The van der Waals surface area contributed by atoms with E-state index in [0.717, 1.165) is 36.3 Å². The van der Waals surface area contributed by atoms with Gasteiger partial charge in [-0.1, -0.05) is 57.9 Å². The number of rotatable bonds is 6. The Morgan fingerprint density at radius 1 is 1.23 bits per heavy atom. The standard InChI is InChI=1S/C28H46O3/c1-18(9-7-15-27(4,5)31)23-13-14-24-21(10-8-16-28(23,24)6)11-12-22-17-25(29)20(3)26(30)19(22)2/h11-12,18,20,23-26,29-31H,2,7-10,13-17H2,1,3-6H3/b21-11+,22-12+/t18-,20-,23?,24?,25-,26+,28?/m0/s1. The van der Waals surface area contributed by atoms with Crippen LogP contribution in [-0.4, -0.2) is 33.1 Å². The van der Waals surface area contributed by atoms with E-state index in [4.69, 9.17) is 0 Å². The van der Waals surface area contributed by atoms with Crippen LogP contribution in [0.25, 0.3) is 0 Å². The Morgan fingerprint density at radius 3 is 2.61 bits per heavy atom. The van der Waals surface area contributed by atoms with Crippen LogP contribution in [0.1, 0.15) is 92.4 Å². The van der Waals surface area contributed by atoms with Gasteiger partial charge in [0.05, 0.1) is 17.8 Å². The maximum atomic E-state index is 10.4. The highest BCUT2D eigenvalue weighted by molar-refractivity contribution is 5.39. The first kappa shape index (κ1) is 24.7. The summed E-state index contributed by atoms with van der Waals surface area (Å²) in [7, 11) is 0. The number of aliphatic hydroxyl groups excluding tert-OH is 2. The van der Waals surface area contributed by atoms with Crippen LogP contribution in [0.3, 0.4) is 0 Å². The molecule has 3 saturated carbocycles. The first-order valence-electron chi connectivity index (χ1n) is 12.6. The quantitative estimate of drug-likeness (QED) is 0.488. The molecule has 3 heteroatoms. The predicted molar refractivity (Wildman–Crippen MR) is 129 cm³/mol. The number of allylic oxidation sites excluding steroid dienone is 3. The van der Waals surface area contributed by atoms with Gasteiger partial charge in [-0.25, -0.2) is 0 Å². The predicted octanol–water partition coefficient (Wildman–Crippen LogP) is 5.95. The van der Waals surface area contributed by atoms with Crippen LogP contribution >= 0.6 is 0 Å². The average molecular weight is 431 g/mol. The van der Waals surface area contributed by atoms with Crippen LogP contribution in [0, 0.1) is 29.1 Å². The fraction of sp³-hybridized carbons (Fsp3) is 0.786. The fourth-order valence-corrected chi connectivity index (χ4v) is 6.91. The summed E-state index contributed by atoms with van der Waals surface area (Å²) in [5.74, 6) is 1.94. The van der Waals surface area contributed by atoms with Crippen LogP contribution in [0.15, 0.2) is 35.5 Å². The number of aliphatic hydroxyl groups is 3. The summed E-state index contributed by atoms with van der Waals surface area (Å²) >= 11 is 0. The molecule has 3 unspecified atom stereocenters. The summed E-state index contributed by atoms with van der Waals surface area (Å²) in [6.45, 7) is 14.8. The van der Waals surface area contributed by atoms with Gasteiger partial charge in [0.25, 0.3) is 0 Å². The zero-order chi connectivity index (χ0) is 23.0. The molecule has 176 valence electrons. The summed E-state index contributed by atoms with van der Waals surface area (Å²) in [4.78, 5) is 0. The lowest BCUT2D eigenvalue weighted by Crippen LogP contribution is -2.36. The SMILES string of the molecule is C=C1/C(=C/C=C2\CCCC3(C)C2CCC3[C@@H](C)CCCC(C)(C)O)C[C@H](O)[C@H](C)[C@@H]1O. The van der Waals surface area contributed by atoms with E-state index in [2.05, 4.69) is 32.6 Å². The molecule has 3 fully saturated rings. The largest absolute Gasteiger partial charge is 0.392 e. The first-order valence-corrected chi connectivity index (χ1v) is 12.6. The average Bonchev–Trinajstić information content (AvgIpc) is 3.04. The van der Waals surface area contributed by atoms with Gasteiger partial charge >= 0.3 is 0 Å². The summed E-state index contributed by atoms with van der Waals surface area (Å²) in [5.41, 5.74) is 3.15. The van der Waals surface area contributed by atoms with Crippen molar-refractivity contribution in [2.75, 3.05) is 0 Å². The molecule has 0 bridgehead atoms. The van der Waals surface area contributed by atoms with Crippen LogP contribution in [-0.2, 0) is 0 Å². The Balaban J connectivity index is 1.71. The van der Waals surface area contributed by atoms with Crippen molar-refractivity contribution in [1.82, 2.24) is 0 Å². The number of hydrogen-bond acceptors (Lipinski definition) is 3. The van der Waals surface area contributed by atoms with Crippen molar-refractivity contribution in [2.24, 2.45) is 29.1 Å². The van der Waals surface area contributed by atoms with E-state index in [1.807, 2.05) is 20.8 Å². The van der Waals surface area contributed by atoms with Crippen molar-refractivity contribution in [3.63, 3.8) is 0 Å². The third-order valence-electron chi connectivity index (χ3n) is 8.97. The van der Waals surface area contributed by atoms with E-state index < -0.39 is 17.8 Å². The molecule has 0 aliphatic heterocycles. The Bertz CT molecular complexity index is 712. The van der Waals surface area contributed by atoms with Crippen molar-refractivity contribution in [3.05, 3.63) is 35.5 Å². The van der Waals surface area contributed by atoms with Gasteiger partial charge in [-0.15, -0.1) is 0 Å². The molecular weight excluding hydrogens is 384 g/mol. The second-order valence-corrected chi connectivity index (χ2v) is 11.8. The lowest BCUT2D eigenvalue weighted by molar-refractivity contribution is 0.0283. The Labute approximate surface area is 190 Å². The molecule has 0 radical (unpaired) electrons. The lowest BCUT2D eigenvalue weighted by Gasteiger charge is -2.44.